The number of hydrogen-bond donors (Lipinski definition) is 0. The second kappa shape index (κ2) is 8.63. The van der Waals surface area contributed by atoms with Gasteiger partial charge in [0.1, 0.15) is 0 Å². The summed E-state index contributed by atoms with van der Waals surface area (Å²) in [5, 5.41) is 0. The summed E-state index contributed by atoms with van der Waals surface area (Å²) in [5.41, 5.74) is 1.43. The largest absolute Gasteiger partial charge is 0.340 e. The van der Waals surface area contributed by atoms with Crippen LogP contribution < -0.4 is 0 Å². The standard InChI is InChI=1S/C20H31N3O/c1-21-14-16-23(17-15-21)20(24)19-9-12-22(13-10-19)11-5-8-18-6-3-2-4-7-18/h2-4,6-7,19H,5,8-17H2,1H3. The number of carbonyl (C=O) groups is 1. The molecule has 2 aliphatic rings. The Balaban J connectivity index is 1.35. The number of likely N-dealkylation sites (N-methyl/N-ethyl adjacent to an activating group) is 1. The van der Waals surface area contributed by atoms with E-state index in [1.165, 1.54) is 12.0 Å². The molecule has 0 radical (unpaired) electrons. The molecule has 132 valence electrons. The van der Waals surface area contributed by atoms with Crippen LogP contribution in [0.25, 0.3) is 0 Å². The van der Waals surface area contributed by atoms with E-state index in [1.54, 1.807) is 0 Å². The van der Waals surface area contributed by atoms with Crippen molar-refractivity contribution in [3.8, 4) is 0 Å². The molecule has 0 unspecified atom stereocenters. The monoisotopic (exact) mass is 329 g/mol. The third-order valence-corrected chi connectivity index (χ3v) is 5.53. The molecular formula is C20H31N3O. The van der Waals surface area contributed by atoms with Crippen LogP contribution in [0.4, 0.5) is 0 Å². The first-order valence-corrected chi connectivity index (χ1v) is 9.46. The van der Waals surface area contributed by atoms with Gasteiger partial charge in [0.05, 0.1) is 0 Å². The van der Waals surface area contributed by atoms with E-state index in [-0.39, 0.29) is 5.92 Å². The van der Waals surface area contributed by atoms with Crippen molar-refractivity contribution in [3.05, 3.63) is 35.9 Å². The third kappa shape index (κ3) is 4.81. The molecule has 0 aliphatic carbocycles. The van der Waals surface area contributed by atoms with Crippen LogP contribution in [0.5, 0.6) is 0 Å². The number of likely N-dealkylation sites (tertiary alicyclic amines) is 1. The highest BCUT2D eigenvalue weighted by molar-refractivity contribution is 5.79. The van der Waals surface area contributed by atoms with Gasteiger partial charge in [-0.3, -0.25) is 4.79 Å². The highest BCUT2D eigenvalue weighted by Crippen LogP contribution is 2.21. The number of aryl methyl sites for hydroxylation is 1. The molecule has 2 saturated heterocycles. The van der Waals surface area contributed by atoms with Crippen LogP contribution in [-0.4, -0.2) is 73.5 Å². The van der Waals surface area contributed by atoms with Crippen LogP contribution in [0.2, 0.25) is 0 Å². The predicted molar refractivity (Wildman–Crippen MR) is 98.0 cm³/mol. The fourth-order valence-electron chi connectivity index (χ4n) is 3.84. The maximum absolute atomic E-state index is 12.7. The first kappa shape index (κ1) is 17.4. The summed E-state index contributed by atoms with van der Waals surface area (Å²) in [6.45, 7) is 7.18. The van der Waals surface area contributed by atoms with Crippen molar-refractivity contribution in [2.24, 2.45) is 5.92 Å². The fourth-order valence-corrected chi connectivity index (χ4v) is 3.84. The van der Waals surface area contributed by atoms with Gasteiger partial charge in [0.25, 0.3) is 0 Å². The Kier molecular flexibility index (Phi) is 6.27. The second-order valence-corrected chi connectivity index (χ2v) is 7.33. The summed E-state index contributed by atoms with van der Waals surface area (Å²) in [4.78, 5) is 19.6. The third-order valence-electron chi connectivity index (χ3n) is 5.53. The summed E-state index contributed by atoms with van der Waals surface area (Å²) < 4.78 is 0. The Labute approximate surface area is 146 Å². The topological polar surface area (TPSA) is 26.8 Å². The van der Waals surface area contributed by atoms with Crippen molar-refractivity contribution >= 4 is 5.91 Å². The van der Waals surface area contributed by atoms with Gasteiger partial charge in [-0.1, -0.05) is 30.3 Å². The summed E-state index contributed by atoms with van der Waals surface area (Å²) in [6, 6.07) is 10.7. The van der Waals surface area contributed by atoms with E-state index < -0.39 is 0 Å². The minimum Gasteiger partial charge on any atom is -0.340 e. The van der Waals surface area contributed by atoms with Gasteiger partial charge in [-0.05, 0) is 57.9 Å². The SMILES string of the molecule is CN1CCN(C(=O)C2CCN(CCCc3ccccc3)CC2)CC1. The van der Waals surface area contributed by atoms with Gasteiger partial charge in [0.15, 0.2) is 0 Å². The quantitative estimate of drug-likeness (QED) is 0.828. The van der Waals surface area contributed by atoms with Crippen molar-refractivity contribution in [2.45, 2.75) is 25.7 Å². The van der Waals surface area contributed by atoms with Crippen LogP contribution in [0.1, 0.15) is 24.8 Å². The van der Waals surface area contributed by atoms with E-state index >= 15 is 0 Å². The summed E-state index contributed by atoms with van der Waals surface area (Å²) in [6.07, 6.45) is 4.44. The number of amides is 1. The number of hydrogen-bond acceptors (Lipinski definition) is 3. The number of nitrogens with zero attached hydrogens (tertiary/aromatic N) is 3. The average Bonchev–Trinajstić information content (AvgIpc) is 2.63. The van der Waals surface area contributed by atoms with E-state index in [9.17, 15) is 4.79 Å². The first-order valence-electron chi connectivity index (χ1n) is 9.46. The molecule has 2 heterocycles. The zero-order valence-corrected chi connectivity index (χ0v) is 15.0. The lowest BCUT2D eigenvalue weighted by Crippen LogP contribution is -2.50. The number of benzene rings is 1. The molecule has 3 rings (SSSR count). The number of piperidine rings is 1. The Bertz CT molecular complexity index is 503. The lowest BCUT2D eigenvalue weighted by atomic mass is 9.94. The molecule has 1 amide bonds. The molecule has 2 fully saturated rings. The molecule has 1 aromatic rings. The van der Waals surface area contributed by atoms with Crippen LogP contribution in [0, 0.1) is 5.92 Å². The Morgan fingerprint density at radius 3 is 2.33 bits per heavy atom. The molecule has 4 nitrogen and oxygen atoms in total. The summed E-state index contributed by atoms with van der Waals surface area (Å²) >= 11 is 0. The Morgan fingerprint density at radius 2 is 1.67 bits per heavy atom. The molecular weight excluding hydrogens is 298 g/mol. The van der Waals surface area contributed by atoms with Crippen molar-refractivity contribution in [2.75, 3.05) is 52.9 Å². The van der Waals surface area contributed by atoms with Gasteiger partial charge in [0, 0.05) is 32.1 Å². The van der Waals surface area contributed by atoms with Crippen LogP contribution in [0.15, 0.2) is 30.3 Å². The maximum atomic E-state index is 12.7. The minimum atomic E-state index is 0.263. The summed E-state index contributed by atoms with van der Waals surface area (Å²) in [7, 11) is 2.13. The Morgan fingerprint density at radius 1 is 1.00 bits per heavy atom. The van der Waals surface area contributed by atoms with Gasteiger partial charge in [-0.15, -0.1) is 0 Å². The smallest absolute Gasteiger partial charge is 0.225 e. The molecule has 0 aromatic heterocycles. The Hall–Kier alpha value is -1.39. The number of piperazine rings is 1. The van der Waals surface area contributed by atoms with Gasteiger partial charge < -0.3 is 14.7 Å². The van der Waals surface area contributed by atoms with E-state index in [0.717, 1.165) is 65.1 Å². The molecule has 0 saturated carbocycles. The van der Waals surface area contributed by atoms with Crippen molar-refractivity contribution in [3.63, 3.8) is 0 Å². The zero-order valence-electron chi connectivity index (χ0n) is 15.0. The maximum Gasteiger partial charge on any atom is 0.225 e. The van der Waals surface area contributed by atoms with E-state index in [4.69, 9.17) is 0 Å². The number of rotatable bonds is 5. The molecule has 0 atom stereocenters. The molecule has 4 heteroatoms. The lowest BCUT2D eigenvalue weighted by molar-refractivity contribution is -0.138. The van der Waals surface area contributed by atoms with Crippen LogP contribution >= 0.6 is 0 Å². The van der Waals surface area contributed by atoms with Gasteiger partial charge in [-0.25, -0.2) is 0 Å². The lowest BCUT2D eigenvalue weighted by Gasteiger charge is -2.37. The molecule has 0 N–H and O–H groups in total. The van der Waals surface area contributed by atoms with E-state index in [1.807, 2.05) is 0 Å². The van der Waals surface area contributed by atoms with Gasteiger partial charge in [-0.2, -0.15) is 0 Å². The molecule has 0 spiro atoms. The molecule has 1 aromatic carbocycles. The number of carbonyl (C=O) groups excluding carboxylic acids is 1. The average molecular weight is 329 g/mol. The van der Waals surface area contributed by atoms with Crippen LogP contribution in [-0.2, 0) is 11.2 Å². The van der Waals surface area contributed by atoms with E-state index in [0.29, 0.717) is 5.91 Å². The van der Waals surface area contributed by atoms with E-state index in [2.05, 4.69) is 52.1 Å². The second-order valence-electron chi connectivity index (χ2n) is 7.33. The minimum absolute atomic E-state index is 0.263. The zero-order chi connectivity index (χ0) is 16.8. The molecule has 2 aliphatic heterocycles. The highest BCUT2D eigenvalue weighted by atomic mass is 16.2. The molecule has 24 heavy (non-hydrogen) atoms. The normalized spacial score (nSPS) is 21.1. The first-order chi connectivity index (χ1) is 11.7. The summed E-state index contributed by atoms with van der Waals surface area (Å²) in [5.74, 6) is 0.672. The van der Waals surface area contributed by atoms with Gasteiger partial charge in [0.2, 0.25) is 5.91 Å². The molecule has 0 bridgehead atoms. The van der Waals surface area contributed by atoms with Gasteiger partial charge >= 0.3 is 0 Å². The predicted octanol–water partition coefficient (Wildman–Crippen LogP) is 2.11. The van der Waals surface area contributed by atoms with Crippen molar-refractivity contribution in [1.82, 2.24) is 14.7 Å². The van der Waals surface area contributed by atoms with Crippen molar-refractivity contribution in [1.29, 1.82) is 0 Å². The highest BCUT2D eigenvalue weighted by Gasteiger charge is 2.29. The fraction of sp³-hybridized carbons (Fsp3) is 0.650. The van der Waals surface area contributed by atoms with Crippen LogP contribution in [0.3, 0.4) is 0 Å². The van der Waals surface area contributed by atoms with Crippen molar-refractivity contribution < 1.29 is 4.79 Å².